The zero-order valence-corrected chi connectivity index (χ0v) is 12.8. The normalized spacial score (nSPS) is 22.8. The lowest BCUT2D eigenvalue weighted by atomic mass is 9.98. The van der Waals surface area contributed by atoms with E-state index in [1.54, 1.807) is 5.38 Å². The molecule has 1 aromatic rings. The number of carboxylic acids is 1. The summed E-state index contributed by atoms with van der Waals surface area (Å²) in [5.41, 5.74) is 0.365. The van der Waals surface area contributed by atoms with Crippen molar-refractivity contribution < 1.29 is 14.7 Å². The van der Waals surface area contributed by atoms with Gasteiger partial charge in [-0.15, -0.1) is 11.3 Å². The minimum absolute atomic E-state index is 0.0524. The second-order valence-corrected chi connectivity index (χ2v) is 7.16. The Morgan fingerprint density at radius 1 is 1.40 bits per heavy atom. The number of thiazole rings is 1. The molecule has 1 amide bonds. The van der Waals surface area contributed by atoms with E-state index in [2.05, 4.69) is 31.1 Å². The highest BCUT2D eigenvalue weighted by molar-refractivity contribution is 7.10. The number of nitrogens with one attached hydrogen (secondary N) is 1. The predicted molar refractivity (Wildman–Crippen MR) is 77.0 cm³/mol. The lowest BCUT2D eigenvalue weighted by molar-refractivity contribution is -0.141. The average Bonchev–Trinajstić information content (AvgIpc) is 2.95. The summed E-state index contributed by atoms with van der Waals surface area (Å²) in [5.74, 6) is -1.31. The fourth-order valence-corrected chi connectivity index (χ4v) is 3.21. The largest absolute Gasteiger partial charge is 0.481 e. The number of aliphatic carboxylic acids is 1. The SMILES string of the molecule is CC(C)(C)c1nc(C(=O)N[C@@H]2CC[C@H](C(=O)O)C2)cs1. The van der Waals surface area contributed by atoms with Gasteiger partial charge in [-0.25, -0.2) is 4.98 Å². The van der Waals surface area contributed by atoms with E-state index in [4.69, 9.17) is 5.11 Å². The number of aromatic nitrogens is 1. The molecule has 5 nitrogen and oxygen atoms in total. The Balaban J connectivity index is 1.96. The van der Waals surface area contributed by atoms with Crippen LogP contribution in [0.5, 0.6) is 0 Å². The van der Waals surface area contributed by atoms with Gasteiger partial charge in [-0.05, 0) is 19.3 Å². The summed E-state index contributed by atoms with van der Waals surface area (Å²) < 4.78 is 0. The van der Waals surface area contributed by atoms with Crippen molar-refractivity contribution in [2.24, 2.45) is 5.92 Å². The molecule has 0 aliphatic heterocycles. The lowest BCUT2D eigenvalue weighted by Gasteiger charge is -2.14. The molecule has 110 valence electrons. The van der Waals surface area contributed by atoms with Gasteiger partial charge in [0.1, 0.15) is 5.69 Å². The quantitative estimate of drug-likeness (QED) is 0.897. The molecule has 0 unspecified atom stereocenters. The molecule has 1 aliphatic carbocycles. The standard InChI is InChI=1S/C14H20N2O3S/c1-14(2,3)13-16-10(7-20-13)11(17)15-9-5-4-8(6-9)12(18)19/h7-9H,4-6H2,1-3H3,(H,15,17)(H,18,19)/t8-,9+/m0/s1. The molecule has 0 saturated heterocycles. The minimum Gasteiger partial charge on any atom is -0.481 e. The number of amides is 1. The fourth-order valence-electron chi connectivity index (χ4n) is 2.32. The van der Waals surface area contributed by atoms with Gasteiger partial charge < -0.3 is 10.4 Å². The average molecular weight is 296 g/mol. The third-order valence-corrected chi connectivity index (χ3v) is 4.76. The number of nitrogens with zero attached hydrogens (tertiary/aromatic N) is 1. The summed E-state index contributed by atoms with van der Waals surface area (Å²) in [4.78, 5) is 27.4. The van der Waals surface area contributed by atoms with E-state index < -0.39 is 5.97 Å². The molecular weight excluding hydrogens is 276 g/mol. The van der Waals surface area contributed by atoms with Gasteiger partial charge in [-0.2, -0.15) is 0 Å². The maximum atomic E-state index is 12.1. The molecule has 20 heavy (non-hydrogen) atoms. The highest BCUT2D eigenvalue weighted by Crippen LogP contribution is 2.27. The van der Waals surface area contributed by atoms with Crippen molar-refractivity contribution in [1.82, 2.24) is 10.3 Å². The van der Waals surface area contributed by atoms with Crippen molar-refractivity contribution in [3.05, 3.63) is 16.1 Å². The smallest absolute Gasteiger partial charge is 0.306 e. The van der Waals surface area contributed by atoms with Crippen LogP contribution in [0.2, 0.25) is 0 Å². The van der Waals surface area contributed by atoms with Crippen LogP contribution in [0.15, 0.2) is 5.38 Å². The van der Waals surface area contributed by atoms with Gasteiger partial charge in [0.05, 0.1) is 10.9 Å². The van der Waals surface area contributed by atoms with E-state index in [0.717, 1.165) is 11.4 Å². The van der Waals surface area contributed by atoms with Crippen molar-refractivity contribution in [2.75, 3.05) is 0 Å². The Kier molecular flexibility index (Phi) is 4.13. The molecule has 0 aromatic carbocycles. The summed E-state index contributed by atoms with van der Waals surface area (Å²) in [5, 5.41) is 14.5. The van der Waals surface area contributed by atoms with E-state index in [1.165, 1.54) is 11.3 Å². The van der Waals surface area contributed by atoms with E-state index in [9.17, 15) is 9.59 Å². The van der Waals surface area contributed by atoms with E-state index >= 15 is 0 Å². The Labute approximate surface area is 122 Å². The Bertz CT molecular complexity index is 519. The second kappa shape index (κ2) is 5.52. The van der Waals surface area contributed by atoms with Crippen LogP contribution in [0.25, 0.3) is 0 Å². The van der Waals surface area contributed by atoms with Crippen molar-refractivity contribution in [1.29, 1.82) is 0 Å². The first-order valence-corrected chi connectivity index (χ1v) is 7.65. The van der Waals surface area contributed by atoms with Crippen molar-refractivity contribution >= 4 is 23.2 Å². The van der Waals surface area contributed by atoms with Crippen LogP contribution in [0.4, 0.5) is 0 Å². The molecule has 0 spiro atoms. The van der Waals surface area contributed by atoms with Crippen LogP contribution in [-0.4, -0.2) is 28.0 Å². The molecule has 1 aliphatic rings. The van der Waals surface area contributed by atoms with Crippen LogP contribution < -0.4 is 5.32 Å². The van der Waals surface area contributed by atoms with Gasteiger partial charge in [-0.3, -0.25) is 9.59 Å². The third kappa shape index (κ3) is 3.36. The Hall–Kier alpha value is -1.43. The molecule has 2 N–H and O–H groups in total. The summed E-state index contributed by atoms with van der Waals surface area (Å²) >= 11 is 1.48. The predicted octanol–water partition coefficient (Wildman–Crippen LogP) is 2.42. The molecule has 1 fully saturated rings. The minimum atomic E-state index is -0.773. The van der Waals surface area contributed by atoms with Gasteiger partial charge in [-0.1, -0.05) is 20.8 Å². The summed E-state index contributed by atoms with van der Waals surface area (Å²) in [6.45, 7) is 6.17. The van der Waals surface area contributed by atoms with Crippen LogP contribution in [0.3, 0.4) is 0 Å². The first kappa shape index (κ1) is 15.0. The molecule has 1 saturated carbocycles. The van der Waals surface area contributed by atoms with Gasteiger partial charge in [0.25, 0.3) is 5.91 Å². The number of hydrogen-bond donors (Lipinski definition) is 2. The summed E-state index contributed by atoms with van der Waals surface area (Å²) in [6.07, 6.45) is 1.86. The maximum Gasteiger partial charge on any atom is 0.306 e. The summed E-state index contributed by atoms with van der Waals surface area (Å²) in [7, 11) is 0. The molecule has 0 radical (unpaired) electrons. The molecule has 2 rings (SSSR count). The van der Waals surface area contributed by atoms with E-state index in [1.807, 2.05) is 0 Å². The zero-order valence-electron chi connectivity index (χ0n) is 12.0. The summed E-state index contributed by atoms with van der Waals surface area (Å²) in [6, 6.07) is -0.0524. The molecule has 2 atom stereocenters. The van der Waals surface area contributed by atoms with Crippen LogP contribution in [-0.2, 0) is 10.2 Å². The zero-order chi connectivity index (χ0) is 14.9. The second-order valence-electron chi connectivity index (χ2n) is 6.31. The first-order chi connectivity index (χ1) is 9.27. The van der Waals surface area contributed by atoms with Gasteiger partial charge in [0.15, 0.2) is 0 Å². The monoisotopic (exact) mass is 296 g/mol. The number of hydrogen-bond acceptors (Lipinski definition) is 4. The van der Waals surface area contributed by atoms with Gasteiger partial charge >= 0.3 is 5.97 Å². The lowest BCUT2D eigenvalue weighted by Crippen LogP contribution is -2.33. The first-order valence-electron chi connectivity index (χ1n) is 6.77. The third-order valence-electron chi connectivity index (χ3n) is 3.50. The Morgan fingerprint density at radius 2 is 2.10 bits per heavy atom. The molecule has 1 aromatic heterocycles. The highest BCUT2D eigenvalue weighted by Gasteiger charge is 2.31. The maximum absolute atomic E-state index is 12.1. The Morgan fingerprint density at radius 3 is 2.60 bits per heavy atom. The van der Waals surface area contributed by atoms with Crippen molar-refractivity contribution in [3.63, 3.8) is 0 Å². The number of carbonyl (C=O) groups excluding carboxylic acids is 1. The molecular formula is C14H20N2O3S. The van der Waals surface area contributed by atoms with E-state index in [0.29, 0.717) is 18.5 Å². The fraction of sp³-hybridized carbons (Fsp3) is 0.643. The van der Waals surface area contributed by atoms with Gasteiger partial charge in [0.2, 0.25) is 0 Å². The van der Waals surface area contributed by atoms with Crippen molar-refractivity contribution in [2.45, 2.75) is 51.5 Å². The number of carbonyl (C=O) groups is 2. The van der Waals surface area contributed by atoms with Crippen LogP contribution in [0.1, 0.15) is 55.5 Å². The molecule has 1 heterocycles. The highest BCUT2D eigenvalue weighted by atomic mass is 32.1. The van der Waals surface area contributed by atoms with Crippen LogP contribution >= 0.6 is 11.3 Å². The van der Waals surface area contributed by atoms with E-state index in [-0.39, 0.29) is 23.3 Å². The molecule has 0 bridgehead atoms. The number of carboxylic acid groups (broad SMARTS) is 1. The molecule has 6 heteroatoms. The van der Waals surface area contributed by atoms with Crippen LogP contribution in [0, 0.1) is 5.92 Å². The topological polar surface area (TPSA) is 79.3 Å². The number of rotatable bonds is 3. The van der Waals surface area contributed by atoms with Gasteiger partial charge in [0, 0.05) is 16.8 Å². The van der Waals surface area contributed by atoms with Crippen molar-refractivity contribution in [3.8, 4) is 0 Å².